The summed E-state index contributed by atoms with van der Waals surface area (Å²) in [6.45, 7) is 1.59. The first-order valence-corrected chi connectivity index (χ1v) is 7.93. The number of hydrogen-bond acceptors (Lipinski definition) is 3. The van der Waals surface area contributed by atoms with Gasteiger partial charge in [-0.15, -0.1) is 0 Å². The third kappa shape index (κ3) is 4.09. The van der Waals surface area contributed by atoms with Crippen molar-refractivity contribution >= 4 is 12.0 Å². The Balaban J connectivity index is 1.93. The molecule has 0 bridgehead atoms. The second-order valence-corrected chi connectivity index (χ2v) is 6.40. The van der Waals surface area contributed by atoms with Crippen molar-refractivity contribution in [1.82, 2.24) is 14.7 Å². The van der Waals surface area contributed by atoms with Crippen LogP contribution in [-0.4, -0.2) is 77.6 Å². The number of piperidine rings is 1. The molecular weight excluding hydrogens is 270 g/mol. The Hall–Kier alpha value is -1.30. The highest BCUT2D eigenvalue weighted by Crippen LogP contribution is 2.28. The normalized spacial score (nSPS) is 21.0. The number of likely N-dealkylation sites (tertiary alicyclic amines) is 1. The van der Waals surface area contributed by atoms with Crippen LogP contribution >= 0.6 is 0 Å². The summed E-state index contributed by atoms with van der Waals surface area (Å²) in [5.41, 5.74) is 0. The van der Waals surface area contributed by atoms with E-state index in [2.05, 4.69) is 4.90 Å². The van der Waals surface area contributed by atoms with Crippen LogP contribution in [0.2, 0.25) is 0 Å². The first-order valence-electron chi connectivity index (χ1n) is 7.93. The zero-order chi connectivity index (χ0) is 15.4. The SMILES string of the molecule is CN(C)C(=O)N1CCC(N(CC(=O)O)C2CCCC2)CC1. The summed E-state index contributed by atoms with van der Waals surface area (Å²) in [5, 5.41) is 9.18. The van der Waals surface area contributed by atoms with Gasteiger partial charge in [0.1, 0.15) is 0 Å². The number of urea groups is 1. The van der Waals surface area contributed by atoms with Crippen LogP contribution in [0.15, 0.2) is 0 Å². The second kappa shape index (κ2) is 7.11. The van der Waals surface area contributed by atoms with Gasteiger partial charge in [-0.1, -0.05) is 12.8 Å². The topological polar surface area (TPSA) is 64.1 Å². The molecule has 2 amide bonds. The Morgan fingerprint density at radius 3 is 2.05 bits per heavy atom. The van der Waals surface area contributed by atoms with Gasteiger partial charge in [0.15, 0.2) is 0 Å². The first-order chi connectivity index (χ1) is 9.99. The molecule has 120 valence electrons. The summed E-state index contributed by atoms with van der Waals surface area (Å²) in [6.07, 6.45) is 6.40. The van der Waals surface area contributed by atoms with Crippen LogP contribution in [-0.2, 0) is 4.79 Å². The largest absolute Gasteiger partial charge is 0.480 e. The molecule has 21 heavy (non-hydrogen) atoms. The third-order valence-corrected chi connectivity index (χ3v) is 4.70. The van der Waals surface area contributed by atoms with Crippen LogP contribution in [0.25, 0.3) is 0 Å². The first kappa shape index (κ1) is 16.1. The molecule has 0 aromatic carbocycles. The zero-order valence-corrected chi connectivity index (χ0v) is 13.1. The molecule has 0 atom stereocenters. The molecule has 2 rings (SSSR count). The van der Waals surface area contributed by atoms with E-state index < -0.39 is 5.97 Å². The fourth-order valence-electron chi connectivity index (χ4n) is 3.62. The Morgan fingerprint density at radius 1 is 1.05 bits per heavy atom. The molecule has 1 saturated heterocycles. The van der Waals surface area contributed by atoms with E-state index in [9.17, 15) is 14.7 Å². The van der Waals surface area contributed by atoms with Crippen molar-refractivity contribution < 1.29 is 14.7 Å². The van der Waals surface area contributed by atoms with Gasteiger partial charge in [0.05, 0.1) is 6.54 Å². The quantitative estimate of drug-likeness (QED) is 0.853. The van der Waals surface area contributed by atoms with Crippen molar-refractivity contribution in [2.75, 3.05) is 33.7 Å². The minimum Gasteiger partial charge on any atom is -0.480 e. The highest BCUT2D eigenvalue weighted by Gasteiger charge is 2.33. The molecule has 6 heteroatoms. The van der Waals surface area contributed by atoms with E-state index in [0.29, 0.717) is 12.1 Å². The van der Waals surface area contributed by atoms with Gasteiger partial charge < -0.3 is 14.9 Å². The number of rotatable bonds is 4. The predicted molar refractivity (Wildman–Crippen MR) is 80.3 cm³/mol. The number of carboxylic acids is 1. The summed E-state index contributed by atoms with van der Waals surface area (Å²) in [4.78, 5) is 28.8. The molecule has 6 nitrogen and oxygen atoms in total. The molecule has 0 unspecified atom stereocenters. The van der Waals surface area contributed by atoms with Gasteiger partial charge in [-0.2, -0.15) is 0 Å². The number of carbonyl (C=O) groups excluding carboxylic acids is 1. The summed E-state index contributed by atoms with van der Waals surface area (Å²) in [7, 11) is 3.54. The van der Waals surface area contributed by atoms with Crippen LogP contribution in [0.3, 0.4) is 0 Å². The molecule has 0 radical (unpaired) electrons. The Kier molecular flexibility index (Phi) is 5.45. The Morgan fingerprint density at radius 2 is 1.57 bits per heavy atom. The maximum Gasteiger partial charge on any atom is 0.319 e. The van der Waals surface area contributed by atoms with E-state index in [4.69, 9.17) is 0 Å². The molecule has 2 fully saturated rings. The van der Waals surface area contributed by atoms with Gasteiger partial charge in [0, 0.05) is 39.3 Å². The number of carbonyl (C=O) groups is 2. The number of carboxylic acid groups (broad SMARTS) is 1. The molecule has 0 aromatic heterocycles. The summed E-state index contributed by atoms with van der Waals surface area (Å²) in [6, 6.07) is 0.775. The minimum atomic E-state index is -0.742. The molecule has 0 aromatic rings. The van der Waals surface area contributed by atoms with Crippen molar-refractivity contribution in [3.63, 3.8) is 0 Å². The second-order valence-electron chi connectivity index (χ2n) is 6.40. The molecule has 0 spiro atoms. The van der Waals surface area contributed by atoms with Crippen LogP contribution in [0, 0.1) is 0 Å². The van der Waals surface area contributed by atoms with Gasteiger partial charge in [-0.05, 0) is 25.7 Å². The van der Waals surface area contributed by atoms with E-state index in [1.807, 2.05) is 4.90 Å². The molecular formula is C15H27N3O3. The molecule has 1 aliphatic carbocycles. The Bertz CT molecular complexity index is 372. The smallest absolute Gasteiger partial charge is 0.319 e. The fourth-order valence-corrected chi connectivity index (χ4v) is 3.62. The lowest BCUT2D eigenvalue weighted by molar-refractivity contribution is -0.140. The molecule has 1 heterocycles. The van der Waals surface area contributed by atoms with Crippen LogP contribution in [0.1, 0.15) is 38.5 Å². The highest BCUT2D eigenvalue weighted by molar-refractivity contribution is 5.73. The molecule has 1 saturated carbocycles. The summed E-state index contributed by atoms with van der Waals surface area (Å²) in [5.74, 6) is -0.742. The van der Waals surface area contributed by atoms with E-state index >= 15 is 0 Å². The Labute approximate surface area is 126 Å². The fraction of sp³-hybridized carbons (Fsp3) is 0.867. The maximum atomic E-state index is 12.0. The van der Waals surface area contributed by atoms with Crippen LogP contribution in [0.5, 0.6) is 0 Å². The zero-order valence-electron chi connectivity index (χ0n) is 13.1. The van der Waals surface area contributed by atoms with Gasteiger partial charge in [0.2, 0.25) is 0 Å². The monoisotopic (exact) mass is 297 g/mol. The summed E-state index contributed by atoms with van der Waals surface area (Å²) >= 11 is 0. The van der Waals surface area contributed by atoms with Crippen molar-refractivity contribution in [2.45, 2.75) is 50.6 Å². The van der Waals surface area contributed by atoms with Crippen molar-refractivity contribution in [3.8, 4) is 0 Å². The lowest BCUT2D eigenvalue weighted by atomic mass is 10.0. The number of aliphatic carboxylic acids is 1. The minimum absolute atomic E-state index is 0.0547. The van der Waals surface area contributed by atoms with Crippen molar-refractivity contribution in [3.05, 3.63) is 0 Å². The van der Waals surface area contributed by atoms with E-state index in [1.54, 1.807) is 19.0 Å². The van der Waals surface area contributed by atoms with Crippen LogP contribution in [0.4, 0.5) is 4.79 Å². The lowest BCUT2D eigenvalue weighted by Crippen LogP contribution is -2.52. The third-order valence-electron chi connectivity index (χ3n) is 4.70. The lowest BCUT2D eigenvalue weighted by Gasteiger charge is -2.41. The molecule has 1 N–H and O–H groups in total. The van der Waals surface area contributed by atoms with Gasteiger partial charge in [-0.25, -0.2) is 4.79 Å². The van der Waals surface area contributed by atoms with Gasteiger partial charge in [-0.3, -0.25) is 9.69 Å². The number of nitrogens with zero attached hydrogens (tertiary/aromatic N) is 3. The van der Waals surface area contributed by atoms with E-state index in [0.717, 1.165) is 38.8 Å². The summed E-state index contributed by atoms with van der Waals surface area (Å²) < 4.78 is 0. The molecule has 2 aliphatic rings. The van der Waals surface area contributed by atoms with Gasteiger partial charge in [0.25, 0.3) is 0 Å². The average molecular weight is 297 g/mol. The van der Waals surface area contributed by atoms with E-state index in [1.165, 1.54) is 12.8 Å². The predicted octanol–water partition coefficient (Wildman–Crippen LogP) is 1.46. The highest BCUT2D eigenvalue weighted by atomic mass is 16.4. The standard InChI is InChI=1S/C15H27N3O3/c1-16(2)15(21)17-9-7-13(8-10-17)18(11-14(19)20)12-5-3-4-6-12/h12-13H,3-11H2,1-2H3,(H,19,20). The van der Waals surface area contributed by atoms with Crippen LogP contribution < -0.4 is 0 Å². The average Bonchev–Trinajstić information content (AvgIpc) is 2.98. The van der Waals surface area contributed by atoms with Crippen molar-refractivity contribution in [2.24, 2.45) is 0 Å². The number of hydrogen-bond donors (Lipinski definition) is 1. The maximum absolute atomic E-state index is 12.0. The van der Waals surface area contributed by atoms with Crippen molar-refractivity contribution in [1.29, 1.82) is 0 Å². The number of amides is 2. The molecule has 1 aliphatic heterocycles. The van der Waals surface area contributed by atoms with Gasteiger partial charge >= 0.3 is 12.0 Å². The van der Waals surface area contributed by atoms with E-state index in [-0.39, 0.29) is 12.6 Å².